The lowest BCUT2D eigenvalue weighted by Crippen LogP contribution is -2.36. The molecule has 2 aromatic heterocycles. The number of hydrazine groups is 1. The minimum Gasteiger partial charge on any atom is -0.298 e. The van der Waals surface area contributed by atoms with Crippen molar-refractivity contribution in [2.24, 2.45) is 0 Å². The van der Waals surface area contributed by atoms with Crippen molar-refractivity contribution in [3.8, 4) is 0 Å². The van der Waals surface area contributed by atoms with Crippen molar-refractivity contribution in [1.82, 2.24) is 15.8 Å². The lowest BCUT2D eigenvalue weighted by molar-refractivity contribution is -0.119. The number of rotatable bonds is 6. The molecule has 3 aromatic rings. The third-order valence-electron chi connectivity index (χ3n) is 2.82. The third kappa shape index (κ3) is 4.26. The molecular weight excluding hydrogens is 370 g/mol. The van der Waals surface area contributed by atoms with E-state index < -0.39 is 0 Å². The van der Waals surface area contributed by atoms with Crippen LogP contribution in [0.1, 0.15) is 4.88 Å². The van der Waals surface area contributed by atoms with Crippen molar-refractivity contribution >= 4 is 67.9 Å². The topological polar surface area (TPSA) is 54.0 Å². The summed E-state index contributed by atoms with van der Waals surface area (Å²) >= 11 is 10.3. The van der Waals surface area contributed by atoms with Gasteiger partial charge in [-0.3, -0.25) is 15.6 Å². The number of amides is 1. The summed E-state index contributed by atoms with van der Waals surface area (Å²) in [6, 6.07) is 11.6. The van der Waals surface area contributed by atoms with Crippen LogP contribution >= 0.6 is 46.0 Å². The summed E-state index contributed by atoms with van der Waals surface area (Å²) in [6.07, 6.45) is 0. The predicted molar refractivity (Wildman–Crippen MR) is 100.0 cm³/mol. The van der Waals surface area contributed by atoms with E-state index in [9.17, 15) is 4.79 Å². The highest BCUT2D eigenvalue weighted by molar-refractivity contribution is 8.01. The molecule has 8 heteroatoms. The van der Waals surface area contributed by atoms with Crippen LogP contribution in [0.5, 0.6) is 0 Å². The first-order chi connectivity index (χ1) is 11.1. The Labute approximate surface area is 150 Å². The summed E-state index contributed by atoms with van der Waals surface area (Å²) in [5.41, 5.74) is 7.00. The van der Waals surface area contributed by atoms with Crippen molar-refractivity contribution in [3.05, 3.63) is 52.2 Å². The molecule has 4 nitrogen and oxygen atoms in total. The average Bonchev–Trinajstić information content (AvgIpc) is 3.16. The molecule has 0 bridgehead atoms. The highest BCUT2D eigenvalue weighted by atomic mass is 35.5. The largest absolute Gasteiger partial charge is 0.298 e. The van der Waals surface area contributed by atoms with E-state index in [-0.39, 0.29) is 11.7 Å². The molecule has 118 valence electrons. The van der Waals surface area contributed by atoms with Crippen molar-refractivity contribution in [2.75, 3.05) is 5.75 Å². The van der Waals surface area contributed by atoms with Gasteiger partial charge in [-0.2, -0.15) is 0 Å². The summed E-state index contributed by atoms with van der Waals surface area (Å²) in [7, 11) is 0. The molecule has 1 aromatic carbocycles. The monoisotopic (exact) mass is 381 g/mol. The number of fused-ring (bicyclic) bond motifs is 1. The van der Waals surface area contributed by atoms with Crippen molar-refractivity contribution < 1.29 is 4.79 Å². The first-order valence-electron chi connectivity index (χ1n) is 6.59. The number of carbonyl (C=O) groups is 1. The second kappa shape index (κ2) is 7.35. The fourth-order valence-electron chi connectivity index (χ4n) is 1.76. The second-order valence-corrected chi connectivity index (χ2v) is 8.46. The van der Waals surface area contributed by atoms with Gasteiger partial charge in [0.05, 0.1) is 30.9 Å². The van der Waals surface area contributed by atoms with Gasteiger partial charge in [0.25, 0.3) is 0 Å². The zero-order valence-electron chi connectivity index (χ0n) is 11.8. The Morgan fingerprint density at radius 2 is 2.04 bits per heavy atom. The average molecular weight is 382 g/mol. The molecule has 2 heterocycles. The summed E-state index contributed by atoms with van der Waals surface area (Å²) in [5, 5.41) is 0. The molecule has 2 N–H and O–H groups in total. The Kier molecular flexibility index (Phi) is 5.22. The predicted octanol–water partition coefficient (Wildman–Crippen LogP) is 4.40. The normalized spacial score (nSPS) is 10.7. The summed E-state index contributed by atoms with van der Waals surface area (Å²) < 4.78 is 2.68. The fraction of sp³-hybridized carbons (Fsp3) is 0.0667. The van der Waals surface area contributed by atoms with Crippen LogP contribution in [0.2, 0.25) is 4.34 Å². The van der Waals surface area contributed by atoms with Gasteiger partial charge in [0.15, 0.2) is 4.34 Å². The molecule has 0 aliphatic rings. The lowest BCUT2D eigenvalue weighted by Gasteiger charge is -2.08. The molecule has 0 spiro atoms. The number of hydrogen-bond acceptors (Lipinski definition) is 6. The van der Waals surface area contributed by atoms with Crippen LogP contribution in [0.4, 0.5) is 0 Å². The van der Waals surface area contributed by atoms with E-state index in [0.29, 0.717) is 10.0 Å². The van der Waals surface area contributed by atoms with E-state index in [1.54, 1.807) is 17.4 Å². The van der Waals surface area contributed by atoms with E-state index in [4.69, 9.17) is 11.6 Å². The molecule has 0 radical (unpaired) electrons. The van der Waals surface area contributed by atoms with E-state index in [1.807, 2.05) is 30.3 Å². The smallest absolute Gasteiger partial charge is 0.248 e. The highest BCUT2D eigenvalue weighted by Gasteiger charge is 2.08. The highest BCUT2D eigenvalue weighted by Crippen LogP contribution is 2.29. The van der Waals surface area contributed by atoms with Gasteiger partial charge in [0, 0.05) is 0 Å². The number of thiazole rings is 1. The first kappa shape index (κ1) is 16.3. The standard InChI is InChI=1S/C15H12ClN3OS3/c1-9(11-6-7-13(16)22-11)18-19-14(20)8-21-15-17-10-4-2-3-5-12(10)23-15/h2-7,18H,1,8H2,(H,19,20). The molecule has 0 fully saturated rings. The van der Waals surface area contributed by atoms with Gasteiger partial charge in [-0.25, -0.2) is 4.98 Å². The lowest BCUT2D eigenvalue weighted by atomic mass is 10.3. The molecule has 0 saturated heterocycles. The molecule has 1 amide bonds. The molecule has 0 saturated carbocycles. The number of hydrogen-bond donors (Lipinski definition) is 2. The SMILES string of the molecule is C=C(NNC(=O)CSc1nc2ccccc2s1)c1ccc(Cl)s1. The maximum atomic E-state index is 11.9. The van der Waals surface area contributed by atoms with E-state index in [2.05, 4.69) is 22.4 Å². The number of aromatic nitrogens is 1. The molecule has 0 unspecified atom stereocenters. The second-order valence-electron chi connectivity index (χ2n) is 4.49. The van der Waals surface area contributed by atoms with Gasteiger partial charge in [0.2, 0.25) is 5.91 Å². The number of thioether (sulfide) groups is 1. The number of carbonyl (C=O) groups excluding carboxylic acids is 1. The van der Waals surface area contributed by atoms with Crippen LogP contribution in [0.3, 0.4) is 0 Å². The van der Waals surface area contributed by atoms with E-state index in [0.717, 1.165) is 19.4 Å². The summed E-state index contributed by atoms with van der Waals surface area (Å²) in [5.74, 6) is 0.142. The minimum absolute atomic E-state index is 0.141. The minimum atomic E-state index is -0.141. The number of halogens is 1. The third-order valence-corrected chi connectivity index (χ3v) is 6.29. The molecule has 3 rings (SSSR count). The summed E-state index contributed by atoms with van der Waals surface area (Å²) in [4.78, 5) is 17.3. The number of nitrogens with one attached hydrogen (secondary N) is 2. The quantitative estimate of drug-likeness (QED) is 0.491. The van der Waals surface area contributed by atoms with Crippen LogP contribution in [0.25, 0.3) is 15.9 Å². The van der Waals surface area contributed by atoms with Crippen LogP contribution < -0.4 is 10.9 Å². The van der Waals surface area contributed by atoms with Gasteiger partial charge in [-0.05, 0) is 24.3 Å². The Bertz CT molecular complexity index is 825. The number of benzene rings is 1. The Balaban J connectivity index is 1.48. The molecule has 23 heavy (non-hydrogen) atoms. The Morgan fingerprint density at radius 3 is 2.78 bits per heavy atom. The van der Waals surface area contributed by atoms with E-state index >= 15 is 0 Å². The van der Waals surface area contributed by atoms with Crippen molar-refractivity contribution in [3.63, 3.8) is 0 Å². The van der Waals surface area contributed by atoms with Crippen LogP contribution in [-0.4, -0.2) is 16.6 Å². The van der Waals surface area contributed by atoms with E-state index in [1.165, 1.54) is 23.1 Å². The maximum Gasteiger partial charge on any atom is 0.248 e. The van der Waals surface area contributed by atoms with Crippen molar-refractivity contribution in [2.45, 2.75) is 4.34 Å². The molecule has 0 aliphatic heterocycles. The zero-order chi connectivity index (χ0) is 16.2. The number of thiophene rings is 1. The van der Waals surface area contributed by atoms with Gasteiger partial charge >= 0.3 is 0 Å². The number of para-hydroxylation sites is 1. The fourth-order valence-corrected chi connectivity index (χ4v) is 4.60. The molecular formula is C15H12ClN3OS3. The van der Waals surface area contributed by atoms with Crippen LogP contribution in [-0.2, 0) is 4.79 Å². The Hall–Kier alpha value is -1.54. The van der Waals surface area contributed by atoms with Crippen molar-refractivity contribution in [1.29, 1.82) is 0 Å². The van der Waals surface area contributed by atoms with Gasteiger partial charge in [0.1, 0.15) is 0 Å². The Morgan fingerprint density at radius 1 is 1.22 bits per heavy atom. The van der Waals surface area contributed by atoms with Crippen LogP contribution in [0, 0.1) is 0 Å². The van der Waals surface area contributed by atoms with Crippen LogP contribution in [0.15, 0.2) is 47.3 Å². The summed E-state index contributed by atoms with van der Waals surface area (Å²) in [6.45, 7) is 3.87. The van der Waals surface area contributed by atoms with Gasteiger partial charge in [-0.1, -0.05) is 42.1 Å². The molecule has 0 aliphatic carbocycles. The maximum absolute atomic E-state index is 11.9. The first-order valence-corrected chi connectivity index (χ1v) is 9.59. The number of nitrogens with zero attached hydrogens (tertiary/aromatic N) is 1. The molecule has 0 atom stereocenters. The van der Waals surface area contributed by atoms with Gasteiger partial charge in [-0.15, -0.1) is 22.7 Å². The zero-order valence-corrected chi connectivity index (χ0v) is 15.0. The van der Waals surface area contributed by atoms with Gasteiger partial charge < -0.3 is 0 Å².